The molecule has 0 aliphatic carbocycles. The van der Waals surface area contributed by atoms with Crippen LogP contribution < -0.4 is 5.73 Å². The predicted octanol–water partition coefficient (Wildman–Crippen LogP) is -0.0350. The lowest BCUT2D eigenvalue weighted by Crippen LogP contribution is -2.40. The molecule has 1 saturated heterocycles. The Kier molecular flexibility index (Phi) is 5.91. The molecular formula is C9H15NO6. The SMILES string of the molecule is CC1OC(=O)C(C)OC1=O.CCOC(N)=O. The molecule has 1 heterocycles. The molecule has 0 aromatic carbocycles. The van der Waals surface area contributed by atoms with Gasteiger partial charge in [0.25, 0.3) is 0 Å². The highest BCUT2D eigenvalue weighted by molar-refractivity contribution is 5.86. The lowest BCUT2D eigenvalue weighted by atomic mass is 10.3. The van der Waals surface area contributed by atoms with Crippen LogP contribution in [0.15, 0.2) is 0 Å². The number of primary amides is 1. The Hall–Kier alpha value is -1.79. The summed E-state index contributed by atoms with van der Waals surface area (Å²) in [7, 11) is 0. The fourth-order valence-corrected chi connectivity index (χ4v) is 0.779. The second-order valence-corrected chi connectivity index (χ2v) is 2.91. The van der Waals surface area contributed by atoms with Crippen molar-refractivity contribution in [3.63, 3.8) is 0 Å². The molecule has 1 aliphatic rings. The van der Waals surface area contributed by atoms with Gasteiger partial charge in [-0.05, 0) is 20.8 Å². The second kappa shape index (κ2) is 6.65. The summed E-state index contributed by atoms with van der Waals surface area (Å²) in [5.74, 6) is -0.959. The van der Waals surface area contributed by atoms with Gasteiger partial charge in [0.15, 0.2) is 12.2 Å². The third kappa shape index (κ3) is 5.18. The quantitative estimate of drug-likeness (QED) is 0.503. The Morgan fingerprint density at radius 2 is 1.62 bits per heavy atom. The van der Waals surface area contributed by atoms with Crippen LogP contribution in [0.25, 0.3) is 0 Å². The van der Waals surface area contributed by atoms with Crippen molar-refractivity contribution in [2.24, 2.45) is 5.73 Å². The first-order chi connectivity index (χ1) is 7.38. The molecule has 1 rings (SSSR count). The summed E-state index contributed by atoms with van der Waals surface area (Å²) in [6.07, 6.45) is -2.20. The molecule has 2 unspecified atom stereocenters. The van der Waals surface area contributed by atoms with Gasteiger partial charge in [-0.1, -0.05) is 0 Å². The zero-order chi connectivity index (χ0) is 12.7. The van der Waals surface area contributed by atoms with E-state index in [1.54, 1.807) is 6.92 Å². The summed E-state index contributed by atoms with van der Waals surface area (Å²) in [6, 6.07) is 0. The maximum absolute atomic E-state index is 10.7. The minimum absolute atomic E-state index is 0.356. The molecule has 1 aliphatic heterocycles. The Balaban J connectivity index is 0.000000325. The van der Waals surface area contributed by atoms with Crippen molar-refractivity contribution in [3.05, 3.63) is 0 Å². The van der Waals surface area contributed by atoms with Crippen molar-refractivity contribution in [2.75, 3.05) is 6.61 Å². The predicted molar refractivity (Wildman–Crippen MR) is 52.3 cm³/mol. The summed E-state index contributed by atoms with van der Waals surface area (Å²) in [5.41, 5.74) is 4.54. The number of amides is 1. The van der Waals surface area contributed by atoms with Gasteiger partial charge in [-0.25, -0.2) is 14.4 Å². The molecule has 7 nitrogen and oxygen atoms in total. The highest BCUT2D eigenvalue weighted by atomic mass is 16.6. The van der Waals surface area contributed by atoms with E-state index in [4.69, 9.17) is 0 Å². The molecule has 92 valence electrons. The molecule has 0 aromatic rings. The summed E-state index contributed by atoms with van der Waals surface area (Å²) in [5, 5.41) is 0. The number of carbonyl (C=O) groups excluding carboxylic acids is 3. The largest absolute Gasteiger partial charge is 0.450 e. The number of hydrogen-bond acceptors (Lipinski definition) is 6. The molecule has 1 amide bonds. The van der Waals surface area contributed by atoms with Crippen molar-refractivity contribution in [3.8, 4) is 0 Å². The van der Waals surface area contributed by atoms with E-state index >= 15 is 0 Å². The first-order valence-corrected chi connectivity index (χ1v) is 4.71. The maximum Gasteiger partial charge on any atom is 0.404 e. The molecule has 0 saturated carbocycles. The maximum atomic E-state index is 10.7. The Morgan fingerprint density at radius 3 is 1.81 bits per heavy atom. The average molecular weight is 233 g/mol. The number of hydrogen-bond donors (Lipinski definition) is 1. The molecule has 0 aromatic heterocycles. The van der Waals surface area contributed by atoms with Gasteiger partial charge in [0.05, 0.1) is 6.61 Å². The molecule has 1 fully saturated rings. The van der Waals surface area contributed by atoms with E-state index in [2.05, 4.69) is 19.9 Å². The molecule has 0 radical (unpaired) electrons. The molecule has 2 N–H and O–H groups in total. The Bertz CT molecular complexity index is 257. The van der Waals surface area contributed by atoms with Gasteiger partial charge in [-0.15, -0.1) is 0 Å². The van der Waals surface area contributed by atoms with Crippen molar-refractivity contribution in [1.29, 1.82) is 0 Å². The summed E-state index contributed by atoms with van der Waals surface area (Å²) in [6.45, 7) is 5.01. The zero-order valence-electron chi connectivity index (χ0n) is 9.39. The number of nitrogens with two attached hydrogens (primary N) is 1. The fraction of sp³-hybridized carbons (Fsp3) is 0.667. The van der Waals surface area contributed by atoms with E-state index in [9.17, 15) is 14.4 Å². The average Bonchev–Trinajstić information content (AvgIpc) is 2.15. The van der Waals surface area contributed by atoms with Crippen LogP contribution in [0.1, 0.15) is 20.8 Å². The van der Waals surface area contributed by atoms with Gasteiger partial charge in [0, 0.05) is 0 Å². The summed E-state index contributed by atoms with van der Waals surface area (Å²) in [4.78, 5) is 30.9. The standard InChI is InChI=1S/C6H8O4.C3H7NO2/c1-3-5(7)10-4(2)6(8)9-3;1-2-6-3(4)5/h3-4H,1-2H3;2H2,1H3,(H2,4,5). The zero-order valence-corrected chi connectivity index (χ0v) is 9.39. The van der Waals surface area contributed by atoms with E-state index in [-0.39, 0.29) is 0 Å². The van der Waals surface area contributed by atoms with Gasteiger partial charge in [0.1, 0.15) is 0 Å². The molecule has 2 atom stereocenters. The van der Waals surface area contributed by atoms with Crippen LogP contribution in [0.3, 0.4) is 0 Å². The van der Waals surface area contributed by atoms with Crippen LogP contribution in [0, 0.1) is 0 Å². The van der Waals surface area contributed by atoms with Crippen molar-refractivity contribution >= 4 is 18.0 Å². The van der Waals surface area contributed by atoms with Crippen LogP contribution in [0.2, 0.25) is 0 Å². The lowest BCUT2D eigenvalue weighted by molar-refractivity contribution is -0.191. The smallest absolute Gasteiger partial charge is 0.404 e. The first-order valence-electron chi connectivity index (χ1n) is 4.71. The van der Waals surface area contributed by atoms with E-state index in [1.165, 1.54) is 13.8 Å². The third-order valence-corrected chi connectivity index (χ3v) is 1.54. The van der Waals surface area contributed by atoms with Gasteiger partial charge < -0.3 is 19.9 Å². The normalized spacial score (nSPS) is 23.4. The minimum atomic E-state index is -0.747. The number of rotatable bonds is 1. The van der Waals surface area contributed by atoms with Crippen LogP contribution in [0.4, 0.5) is 4.79 Å². The van der Waals surface area contributed by atoms with Crippen LogP contribution in [-0.4, -0.2) is 36.8 Å². The molecule has 7 heteroatoms. The summed E-state index contributed by atoms with van der Waals surface area (Å²) >= 11 is 0. The van der Waals surface area contributed by atoms with E-state index in [0.717, 1.165) is 0 Å². The van der Waals surface area contributed by atoms with Crippen molar-refractivity contribution in [2.45, 2.75) is 33.0 Å². The number of cyclic esters (lactones) is 2. The molecule has 0 spiro atoms. The van der Waals surface area contributed by atoms with Crippen molar-refractivity contribution < 1.29 is 28.6 Å². The van der Waals surface area contributed by atoms with Crippen molar-refractivity contribution in [1.82, 2.24) is 0 Å². The Labute approximate surface area is 92.8 Å². The van der Waals surface area contributed by atoms with E-state index < -0.39 is 30.2 Å². The highest BCUT2D eigenvalue weighted by Gasteiger charge is 2.32. The van der Waals surface area contributed by atoms with Crippen LogP contribution >= 0.6 is 0 Å². The van der Waals surface area contributed by atoms with E-state index in [1.807, 2.05) is 0 Å². The first kappa shape index (κ1) is 14.2. The highest BCUT2D eigenvalue weighted by Crippen LogP contribution is 2.08. The summed E-state index contributed by atoms with van der Waals surface area (Å²) < 4.78 is 13.4. The Morgan fingerprint density at radius 1 is 1.25 bits per heavy atom. The monoisotopic (exact) mass is 233 g/mol. The lowest BCUT2D eigenvalue weighted by Gasteiger charge is -2.22. The molecular weight excluding hydrogens is 218 g/mol. The molecule has 16 heavy (non-hydrogen) atoms. The van der Waals surface area contributed by atoms with Gasteiger partial charge in [-0.3, -0.25) is 0 Å². The number of carbonyl (C=O) groups is 3. The topological polar surface area (TPSA) is 105 Å². The van der Waals surface area contributed by atoms with Gasteiger partial charge in [-0.2, -0.15) is 0 Å². The number of esters is 2. The number of ether oxygens (including phenoxy) is 3. The van der Waals surface area contributed by atoms with Gasteiger partial charge in [0.2, 0.25) is 0 Å². The third-order valence-electron chi connectivity index (χ3n) is 1.54. The molecule has 0 bridgehead atoms. The van der Waals surface area contributed by atoms with E-state index in [0.29, 0.717) is 6.61 Å². The fourth-order valence-electron chi connectivity index (χ4n) is 0.779. The van der Waals surface area contributed by atoms with Crippen LogP contribution in [0.5, 0.6) is 0 Å². The minimum Gasteiger partial charge on any atom is -0.450 e. The second-order valence-electron chi connectivity index (χ2n) is 2.91. The van der Waals surface area contributed by atoms with Crippen LogP contribution in [-0.2, 0) is 23.8 Å². The van der Waals surface area contributed by atoms with Gasteiger partial charge >= 0.3 is 18.0 Å².